The van der Waals surface area contributed by atoms with Crippen LogP contribution in [0.25, 0.3) is 0 Å². The molecule has 0 bridgehead atoms. The van der Waals surface area contributed by atoms with Crippen LogP contribution in [0.5, 0.6) is 0 Å². The smallest absolute Gasteiger partial charge is 0.256 e. The van der Waals surface area contributed by atoms with Crippen molar-refractivity contribution in [2.24, 2.45) is 5.41 Å². The lowest BCUT2D eigenvalue weighted by atomic mass is 9.72. The summed E-state index contributed by atoms with van der Waals surface area (Å²) in [5, 5.41) is 0. The zero-order valence-corrected chi connectivity index (χ0v) is 16.0. The van der Waals surface area contributed by atoms with Crippen molar-refractivity contribution in [3.05, 3.63) is 23.8 Å². The standard InChI is InChI=1S/C20H28N4O3/c1-15-21-11-16(12-22-15)19(26)23-8-6-20(7-9-23)5-4-18(25)24(14-20)13-17-3-2-10-27-17/h11-12,17H,2-10,13-14H2,1H3. The minimum atomic E-state index is 0.00736. The molecule has 146 valence electrons. The van der Waals surface area contributed by atoms with Crippen molar-refractivity contribution in [3.8, 4) is 0 Å². The largest absolute Gasteiger partial charge is 0.376 e. The molecule has 1 unspecified atom stereocenters. The van der Waals surface area contributed by atoms with Crippen LogP contribution in [0.1, 0.15) is 54.7 Å². The number of carbonyl (C=O) groups is 2. The lowest BCUT2D eigenvalue weighted by Gasteiger charge is -2.47. The van der Waals surface area contributed by atoms with E-state index in [0.29, 0.717) is 17.8 Å². The summed E-state index contributed by atoms with van der Waals surface area (Å²) >= 11 is 0. The van der Waals surface area contributed by atoms with E-state index in [1.807, 2.05) is 16.7 Å². The van der Waals surface area contributed by atoms with Crippen molar-refractivity contribution in [1.29, 1.82) is 0 Å². The molecule has 4 rings (SSSR count). The van der Waals surface area contributed by atoms with E-state index < -0.39 is 0 Å². The summed E-state index contributed by atoms with van der Waals surface area (Å²) < 4.78 is 5.73. The van der Waals surface area contributed by atoms with Gasteiger partial charge in [0.15, 0.2) is 0 Å². The molecule has 4 heterocycles. The second kappa shape index (κ2) is 7.54. The molecule has 3 saturated heterocycles. The van der Waals surface area contributed by atoms with Crippen LogP contribution in [0, 0.1) is 12.3 Å². The van der Waals surface area contributed by atoms with Crippen LogP contribution in [0.2, 0.25) is 0 Å². The van der Waals surface area contributed by atoms with Crippen molar-refractivity contribution in [2.75, 3.05) is 32.8 Å². The molecule has 0 radical (unpaired) electrons. The van der Waals surface area contributed by atoms with Crippen molar-refractivity contribution in [3.63, 3.8) is 0 Å². The summed E-state index contributed by atoms with van der Waals surface area (Å²) in [5.41, 5.74) is 0.697. The average molecular weight is 372 g/mol. The van der Waals surface area contributed by atoms with Crippen molar-refractivity contribution in [1.82, 2.24) is 19.8 Å². The van der Waals surface area contributed by atoms with E-state index in [1.54, 1.807) is 12.4 Å². The topological polar surface area (TPSA) is 75.6 Å². The third-order valence-electron chi connectivity index (χ3n) is 6.34. The van der Waals surface area contributed by atoms with Crippen molar-refractivity contribution in [2.45, 2.75) is 51.6 Å². The summed E-state index contributed by atoms with van der Waals surface area (Å²) in [6, 6.07) is 0. The summed E-state index contributed by atoms with van der Waals surface area (Å²) in [7, 11) is 0. The minimum absolute atomic E-state index is 0.00736. The van der Waals surface area contributed by atoms with E-state index in [0.717, 1.165) is 64.9 Å². The number of amides is 2. The van der Waals surface area contributed by atoms with Crippen LogP contribution < -0.4 is 0 Å². The van der Waals surface area contributed by atoms with Crippen LogP contribution in [0.3, 0.4) is 0 Å². The third-order valence-corrected chi connectivity index (χ3v) is 6.34. The molecular weight excluding hydrogens is 344 g/mol. The monoisotopic (exact) mass is 372 g/mol. The number of rotatable bonds is 3. The number of piperidine rings is 2. The van der Waals surface area contributed by atoms with Gasteiger partial charge in [0.05, 0.1) is 11.7 Å². The van der Waals surface area contributed by atoms with Crippen LogP contribution in [0.4, 0.5) is 0 Å². The fourth-order valence-electron chi connectivity index (χ4n) is 4.58. The van der Waals surface area contributed by atoms with Gasteiger partial charge < -0.3 is 14.5 Å². The highest BCUT2D eigenvalue weighted by Gasteiger charge is 2.42. The van der Waals surface area contributed by atoms with Gasteiger partial charge >= 0.3 is 0 Å². The lowest BCUT2D eigenvalue weighted by molar-refractivity contribution is -0.141. The highest BCUT2D eigenvalue weighted by molar-refractivity contribution is 5.93. The Labute approximate surface area is 160 Å². The van der Waals surface area contributed by atoms with Crippen LogP contribution in [-0.4, -0.2) is 70.5 Å². The normalized spacial score (nSPS) is 25.2. The minimum Gasteiger partial charge on any atom is -0.376 e. The Morgan fingerprint density at radius 3 is 2.67 bits per heavy atom. The number of hydrogen-bond donors (Lipinski definition) is 0. The van der Waals surface area contributed by atoms with E-state index in [9.17, 15) is 9.59 Å². The average Bonchev–Trinajstić information content (AvgIpc) is 3.19. The van der Waals surface area contributed by atoms with E-state index in [-0.39, 0.29) is 23.3 Å². The predicted molar refractivity (Wildman–Crippen MR) is 99.1 cm³/mol. The molecule has 0 aliphatic carbocycles. The number of carbonyl (C=O) groups excluding carboxylic acids is 2. The van der Waals surface area contributed by atoms with Gasteiger partial charge in [-0.1, -0.05) is 0 Å². The Hall–Kier alpha value is -2.02. The van der Waals surface area contributed by atoms with Gasteiger partial charge in [0, 0.05) is 51.6 Å². The number of hydrogen-bond acceptors (Lipinski definition) is 5. The molecule has 27 heavy (non-hydrogen) atoms. The number of likely N-dealkylation sites (tertiary alicyclic amines) is 2. The third kappa shape index (κ3) is 3.98. The fourth-order valence-corrected chi connectivity index (χ4v) is 4.58. The van der Waals surface area contributed by atoms with E-state index in [4.69, 9.17) is 4.74 Å². The molecule has 1 atom stereocenters. The van der Waals surface area contributed by atoms with Gasteiger partial charge in [0.1, 0.15) is 5.82 Å². The Bertz CT molecular complexity index is 692. The molecule has 3 aliphatic heterocycles. The first-order valence-corrected chi connectivity index (χ1v) is 10.0. The molecular formula is C20H28N4O3. The van der Waals surface area contributed by atoms with E-state index in [2.05, 4.69) is 9.97 Å². The number of aromatic nitrogens is 2. The second-order valence-corrected chi connectivity index (χ2v) is 8.22. The highest BCUT2D eigenvalue weighted by Crippen LogP contribution is 2.40. The summed E-state index contributed by atoms with van der Waals surface area (Å²) in [6.07, 6.45) is 9.01. The number of aryl methyl sites for hydroxylation is 1. The summed E-state index contributed by atoms with van der Waals surface area (Å²) in [4.78, 5) is 37.3. The highest BCUT2D eigenvalue weighted by atomic mass is 16.5. The molecule has 1 aromatic heterocycles. The maximum Gasteiger partial charge on any atom is 0.256 e. The molecule has 0 aromatic carbocycles. The predicted octanol–water partition coefficient (Wildman–Crippen LogP) is 1.81. The fraction of sp³-hybridized carbons (Fsp3) is 0.700. The SMILES string of the molecule is Cc1ncc(C(=O)N2CCC3(CCC(=O)N(CC4CCCO4)C3)CC2)cn1. The second-order valence-electron chi connectivity index (χ2n) is 8.22. The van der Waals surface area contributed by atoms with Gasteiger partial charge in [-0.25, -0.2) is 9.97 Å². The molecule has 3 fully saturated rings. The quantitative estimate of drug-likeness (QED) is 0.809. The number of ether oxygens (including phenoxy) is 1. The Balaban J connectivity index is 1.36. The van der Waals surface area contributed by atoms with Gasteiger partial charge in [0.25, 0.3) is 5.91 Å². The Kier molecular flexibility index (Phi) is 5.12. The van der Waals surface area contributed by atoms with E-state index >= 15 is 0 Å². The molecule has 7 heteroatoms. The molecule has 3 aliphatic rings. The van der Waals surface area contributed by atoms with Gasteiger partial charge in [-0.05, 0) is 44.4 Å². The zero-order valence-electron chi connectivity index (χ0n) is 16.0. The molecule has 7 nitrogen and oxygen atoms in total. The lowest BCUT2D eigenvalue weighted by Crippen LogP contribution is -2.53. The summed E-state index contributed by atoms with van der Waals surface area (Å²) in [5.74, 6) is 0.932. The number of nitrogens with zero attached hydrogens (tertiary/aromatic N) is 4. The maximum atomic E-state index is 12.7. The van der Waals surface area contributed by atoms with Crippen LogP contribution >= 0.6 is 0 Å². The van der Waals surface area contributed by atoms with Crippen LogP contribution in [0.15, 0.2) is 12.4 Å². The molecule has 1 spiro atoms. The molecule has 1 aromatic rings. The Morgan fingerprint density at radius 2 is 2.00 bits per heavy atom. The first kappa shape index (κ1) is 18.3. The van der Waals surface area contributed by atoms with Gasteiger partial charge in [0.2, 0.25) is 5.91 Å². The molecule has 0 saturated carbocycles. The molecule has 2 amide bonds. The van der Waals surface area contributed by atoms with Gasteiger partial charge in [-0.3, -0.25) is 9.59 Å². The van der Waals surface area contributed by atoms with Gasteiger partial charge in [-0.15, -0.1) is 0 Å². The summed E-state index contributed by atoms with van der Waals surface area (Å²) in [6.45, 7) is 5.62. The molecule has 0 N–H and O–H groups in total. The first-order valence-electron chi connectivity index (χ1n) is 10.0. The maximum absolute atomic E-state index is 12.7. The zero-order chi connectivity index (χ0) is 18.9. The van der Waals surface area contributed by atoms with Crippen molar-refractivity contribution >= 4 is 11.8 Å². The van der Waals surface area contributed by atoms with E-state index in [1.165, 1.54) is 0 Å². The first-order chi connectivity index (χ1) is 13.0. The van der Waals surface area contributed by atoms with Crippen molar-refractivity contribution < 1.29 is 14.3 Å². The Morgan fingerprint density at radius 1 is 1.26 bits per heavy atom. The van der Waals surface area contributed by atoms with Gasteiger partial charge in [-0.2, -0.15) is 0 Å². The van der Waals surface area contributed by atoms with Crippen LogP contribution in [-0.2, 0) is 9.53 Å².